The fourth-order valence-electron chi connectivity index (χ4n) is 0.633. The molecule has 0 bridgehead atoms. The highest BCUT2D eigenvalue weighted by molar-refractivity contribution is 5.87. The molecular formula is C8H11F3O2. The topological polar surface area (TPSA) is 26.3 Å². The number of esters is 1. The van der Waals surface area contributed by atoms with E-state index in [1.165, 1.54) is 13.0 Å². The zero-order valence-corrected chi connectivity index (χ0v) is 7.44. The second-order valence-electron chi connectivity index (χ2n) is 2.46. The SMILES string of the molecule is CC/C=C(\C)C(=O)OC(F)(F)CF. The standard InChI is InChI=1S/C8H11F3O2/c1-3-4-6(2)7(12)13-8(10,11)5-9/h4H,3,5H2,1-2H3/b6-4+. The van der Waals surface area contributed by atoms with Gasteiger partial charge in [0.25, 0.3) is 0 Å². The first-order valence-electron chi connectivity index (χ1n) is 3.77. The van der Waals surface area contributed by atoms with Crippen LogP contribution in [0.1, 0.15) is 20.3 Å². The highest BCUT2D eigenvalue weighted by atomic mass is 19.3. The Bertz CT molecular complexity index is 211. The molecule has 0 unspecified atom stereocenters. The molecule has 5 heteroatoms. The van der Waals surface area contributed by atoms with Crippen molar-refractivity contribution < 1.29 is 22.7 Å². The Morgan fingerprint density at radius 3 is 2.46 bits per heavy atom. The van der Waals surface area contributed by atoms with Crippen molar-refractivity contribution in [1.29, 1.82) is 0 Å². The minimum absolute atomic E-state index is 0.0515. The molecule has 0 rings (SSSR count). The molecule has 0 atom stereocenters. The first kappa shape index (κ1) is 12.0. The van der Waals surface area contributed by atoms with Gasteiger partial charge in [0.15, 0.2) is 6.67 Å². The number of hydrogen-bond acceptors (Lipinski definition) is 2. The Morgan fingerprint density at radius 2 is 2.08 bits per heavy atom. The van der Waals surface area contributed by atoms with Crippen LogP contribution in [0, 0.1) is 0 Å². The van der Waals surface area contributed by atoms with E-state index in [1.54, 1.807) is 6.92 Å². The van der Waals surface area contributed by atoms with E-state index < -0.39 is 18.8 Å². The maximum atomic E-state index is 12.2. The van der Waals surface area contributed by atoms with Crippen molar-refractivity contribution in [2.45, 2.75) is 26.4 Å². The lowest BCUT2D eigenvalue weighted by molar-refractivity contribution is -0.235. The van der Waals surface area contributed by atoms with Crippen LogP contribution < -0.4 is 0 Å². The lowest BCUT2D eigenvalue weighted by Crippen LogP contribution is -2.27. The summed E-state index contributed by atoms with van der Waals surface area (Å²) in [5.41, 5.74) is 0.0515. The molecule has 0 aromatic heterocycles. The van der Waals surface area contributed by atoms with E-state index in [0.717, 1.165) is 0 Å². The molecule has 0 fully saturated rings. The van der Waals surface area contributed by atoms with Crippen LogP contribution in [0.5, 0.6) is 0 Å². The summed E-state index contributed by atoms with van der Waals surface area (Å²) in [6.07, 6.45) is -2.06. The van der Waals surface area contributed by atoms with Gasteiger partial charge in [0.2, 0.25) is 0 Å². The van der Waals surface area contributed by atoms with Crippen molar-refractivity contribution in [3.8, 4) is 0 Å². The molecule has 13 heavy (non-hydrogen) atoms. The van der Waals surface area contributed by atoms with E-state index in [2.05, 4.69) is 4.74 Å². The molecule has 0 aliphatic heterocycles. The molecular weight excluding hydrogens is 185 g/mol. The second kappa shape index (κ2) is 4.89. The summed E-state index contributed by atoms with van der Waals surface area (Å²) in [5, 5.41) is 0. The first-order valence-corrected chi connectivity index (χ1v) is 3.77. The van der Waals surface area contributed by atoms with E-state index in [-0.39, 0.29) is 5.57 Å². The van der Waals surface area contributed by atoms with Crippen molar-refractivity contribution in [2.75, 3.05) is 6.67 Å². The van der Waals surface area contributed by atoms with Crippen LogP contribution in [0.3, 0.4) is 0 Å². The summed E-state index contributed by atoms with van der Waals surface area (Å²) in [4.78, 5) is 10.8. The summed E-state index contributed by atoms with van der Waals surface area (Å²) >= 11 is 0. The molecule has 0 saturated carbocycles. The molecule has 0 heterocycles. The Balaban J connectivity index is 4.23. The third-order valence-corrected chi connectivity index (χ3v) is 1.23. The van der Waals surface area contributed by atoms with E-state index in [1.807, 2.05) is 0 Å². The maximum Gasteiger partial charge on any atom is 0.429 e. The van der Waals surface area contributed by atoms with Gasteiger partial charge in [-0.05, 0) is 13.3 Å². The van der Waals surface area contributed by atoms with Crippen LogP contribution in [0.4, 0.5) is 13.2 Å². The highest BCUT2D eigenvalue weighted by Crippen LogP contribution is 2.17. The number of alkyl halides is 3. The Labute approximate surface area is 74.4 Å². The van der Waals surface area contributed by atoms with Crippen LogP contribution in [0.15, 0.2) is 11.6 Å². The van der Waals surface area contributed by atoms with E-state index in [9.17, 15) is 18.0 Å². The molecule has 0 aliphatic rings. The lowest BCUT2D eigenvalue weighted by atomic mass is 10.2. The van der Waals surface area contributed by atoms with Gasteiger partial charge in [-0.2, -0.15) is 8.78 Å². The number of halogens is 3. The summed E-state index contributed by atoms with van der Waals surface area (Å²) in [7, 11) is 0. The summed E-state index contributed by atoms with van der Waals surface area (Å²) in [6, 6.07) is 0. The molecule has 0 spiro atoms. The van der Waals surface area contributed by atoms with Gasteiger partial charge in [-0.25, -0.2) is 9.18 Å². The van der Waals surface area contributed by atoms with Crippen molar-refractivity contribution in [3.05, 3.63) is 11.6 Å². The average molecular weight is 196 g/mol. The maximum absolute atomic E-state index is 12.2. The second-order valence-corrected chi connectivity index (χ2v) is 2.46. The average Bonchev–Trinajstić information content (AvgIpc) is 2.04. The molecule has 76 valence electrons. The number of carbonyl (C=O) groups excluding carboxylic acids is 1. The molecule has 0 saturated heterocycles. The Hall–Kier alpha value is -1.00. The van der Waals surface area contributed by atoms with Crippen LogP contribution >= 0.6 is 0 Å². The minimum atomic E-state index is -4.01. The molecule has 0 aliphatic carbocycles. The number of hydrogen-bond donors (Lipinski definition) is 0. The molecule has 0 amide bonds. The van der Waals surface area contributed by atoms with Crippen LogP contribution in [0.25, 0.3) is 0 Å². The third kappa shape index (κ3) is 4.55. The van der Waals surface area contributed by atoms with E-state index in [4.69, 9.17) is 0 Å². The predicted molar refractivity (Wildman–Crippen MR) is 41.1 cm³/mol. The Kier molecular flexibility index (Phi) is 4.51. The first-order chi connectivity index (χ1) is 5.93. The van der Waals surface area contributed by atoms with Crippen LogP contribution in [-0.2, 0) is 9.53 Å². The number of allylic oxidation sites excluding steroid dienone is 1. The van der Waals surface area contributed by atoms with Gasteiger partial charge in [-0.15, -0.1) is 0 Å². The van der Waals surface area contributed by atoms with Crippen molar-refractivity contribution in [3.63, 3.8) is 0 Å². The lowest BCUT2D eigenvalue weighted by Gasteiger charge is -2.12. The van der Waals surface area contributed by atoms with Crippen molar-refractivity contribution in [2.24, 2.45) is 0 Å². The zero-order valence-electron chi connectivity index (χ0n) is 7.44. The van der Waals surface area contributed by atoms with Crippen LogP contribution in [-0.4, -0.2) is 18.8 Å². The van der Waals surface area contributed by atoms with Gasteiger partial charge in [0.05, 0.1) is 0 Å². The monoisotopic (exact) mass is 196 g/mol. The highest BCUT2D eigenvalue weighted by Gasteiger charge is 2.34. The summed E-state index contributed by atoms with van der Waals surface area (Å²) in [6.45, 7) is 1.07. The number of carbonyl (C=O) groups is 1. The summed E-state index contributed by atoms with van der Waals surface area (Å²) < 4.78 is 39.4. The van der Waals surface area contributed by atoms with Gasteiger partial charge in [0.1, 0.15) is 0 Å². The fourth-order valence-corrected chi connectivity index (χ4v) is 0.633. The van der Waals surface area contributed by atoms with Gasteiger partial charge in [0, 0.05) is 5.57 Å². The van der Waals surface area contributed by atoms with Gasteiger partial charge < -0.3 is 4.74 Å². The quantitative estimate of drug-likeness (QED) is 0.510. The molecule has 0 aromatic carbocycles. The summed E-state index contributed by atoms with van der Waals surface area (Å²) in [5.74, 6) is -1.19. The fraction of sp³-hybridized carbons (Fsp3) is 0.625. The normalized spacial score (nSPS) is 12.8. The largest absolute Gasteiger partial charge is 0.429 e. The van der Waals surface area contributed by atoms with E-state index >= 15 is 0 Å². The van der Waals surface area contributed by atoms with Crippen molar-refractivity contribution in [1.82, 2.24) is 0 Å². The zero-order chi connectivity index (χ0) is 10.5. The molecule has 2 nitrogen and oxygen atoms in total. The minimum Gasteiger partial charge on any atom is -0.395 e. The third-order valence-electron chi connectivity index (χ3n) is 1.23. The Morgan fingerprint density at radius 1 is 1.54 bits per heavy atom. The van der Waals surface area contributed by atoms with Gasteiger partial charge in [-0.3, -0.25) is 0 Å². The van der Waals surface area contributed by atoms with Gasteiger partial charge in [-0.1, -0.05) is 13.0 Å². The number of rotatable bonds is 4. The number of ether oxygens (including phenoxy) is 1. The smallest absolute Gasteiger partial charge is 0.395 e. The predicted octanol–water partition coefficient (Wildman–Crippen LogP) is 2.45. The van der Waals surface area contributed by atoms with Crippen molar-refractivity contribution >= 4 is 5.97 Å². The van der Waals surface area contributed by atoms with E-state index in [0.29, 0.717) is 6.42 Å². The molecule has 0 radical (unpaired) electrons. The molecule has 0 aromatic rings. The van der Waals surface area contributed by atoms with Gasteiger partial charge >= 0.3 is 12.1 Å². The molecule has 0 N–H and O–H groups in total. The van der Waals surface area contributed by atoms with Crippen LogP contribution in [0.2, 0.25) is 0 Å².